The van der Waals surface area contributed by atoms with Crippen molar-refractivity contribution in [2.45, 2.75) is 148 Å². The maximum absolute atomic E-state index is 12.0. The number of quaternary nitrogens is 1. The molecule has 2 N–H and O–H groups in total. The van der Waals surface area contributed by atoms with Crippen LogP contribution in [0.1, 0.15) is 148 Å². The van der Waals surface area contributed by atoms with Crippen LogP contribution in [0, 0.1) is 0 Å². The molecule has 0 aromatic rings. The number of hydrogen-bond acceptors (Lipinski definition) is 2. The lowest BCUT2D eigenvalue weighted by atomic mass is 10.0. The zero-order chi connectivity index (χ0) is 25.2. The number of carbonyl (C=O) groups excluding carboxylic acids is 1. The normalized spacial score (nSPS) is 11.4. The Balaban J connectivity index is 0. The first-order chi connectivity index (χ1) is 16.5. The van der Waals surface area contributed by atoms with E-state index in [0.29, 0.717) is 6.42 Å². The maximum atomic E-state index is 12.0. The Bertz CT molecular complexity index is 433. The van der Waals surface area contributed by atoms with Crippen LogP contribution >= 0.6 is 0 Å². The minimum atomic E-state index is 0. The minimum absolute atomic E-state index is 0. The van der Waals surface area contributed by atoms with Gasteiger partial charge in [-0.1, -0.05) is 122 Å². The van der Waals surface area contributed by atoms with Crippen molar-refractivity contribution < 1.29 is 26.8 Å². The van der Waals surface area contributed by atoms with E-state index in [1.54, 1.807) is 0 Å². The van der Waals surface area contributed by atoms with Crippen LogP contribution in [0.25, 0.3) is 0 Å². The topological polar surface area (TPSA) is 49.3 Å². The van der Waals surface area contributed by atoms with Crippen LogP contribution in [-0.2, 0) is 4.79 Å². The van der Waals surface area contributed by atoms with E-state index in [9.17, 15) is 4.79 Å². The molecule has 0 aliphatic rings. The van der Waals surface area contributed by atoms with Gasteiger partial charge < -0.3 is 27.3 Å². The molecule has 0 heterocycles. The summed E-state index contributed by atoms with van der Waals surface area (Å²) in [5.74, 6) is 0.215. The first-order valence-corrected chi connectivity index (χ1v) is 15.2. The van der Waals surface area contributed by atoms with Gasteiger partial charge in [0.25, 0.3) is 0 Å². The standard InChI is InChI=1S/C30H62N2O2.ClH/c1-4-5-6-7-8-9-10-11-12-13-14-15-16-17-18-19-20-21-22-25-30(34)31-26-23-27-32(2,3)28-24-29-33;/h33H,4-29H2,1-3H3;1H. The number of hydrogen-bond donors (Lipinski definition) is 2. The Morgan fingerprint density at radius 1 is 0.600 bits per heavy atom. The summed E-state index contributed by atoms with van der Waals surface area (Å²) in [4.78, 5) is 12.0. The van der Waals surface area contributed by atoms with Gasteiger partial charge in [-0.15, -0.1) is 0 Å². The fourth-order valence-electron chi connectivity index (χ4n) is 4.80. The molecule has 0 saturated carbocycles. The molecule has 35 heavy (non-hydrogen) atoms. The number of halogens is 1. The smallest absolute Gasteiger partial charge is 0.219 e. The second-order valence-corrected chi connectivity index (χ2v) is 11.3. The summed E-state index contributed by atoms with van der Waals surface area (Å²) in [5, 5.41) is 12.0. The highest BCUT2D eigenvalue weighted by Crippen LogP contribution is 2.14. The maximum Gasteiger partial charge on any atom is 0.219 e. The van der Waals surface area contributed by atoms with Gasteiger partial charge in [-0.05, 0) is 6.42 Å². The summed E-state index contributed by atoms with van der Waals surface area (Å²) >= 11 is 0. The van der Waals surface area contributed by atoms with E-state index < -0.39 is 0 Å². The fourth-order valence-corrected chi connectivity index (χ4v) is 4.80. The van der Waals surface area contributed by atoms with Crippen molar-refractivity contribution in [3.05, 3.63) is 0 Å². The summed E-state index contributed by atoms with van der Waals surface area (Å²) in [6, 6.07) is 0. The van der Waals surface area contributed by atoms with Gasteiger partial charge in [0, 0.05) is 32.4 Å². The average Bonchev–Trinajstić information content (AvgIpc) is 2.82. The fraction of sp³-hybridized carbons (Fsp3) is 0.967. The molecular formula is C30H63ClN2O2. The SMILES string of the molecule is CCCCCCCCCCCCCCCCCCCCCC(=O)NCCC[N+](C)(C)CCCO.[Cl-]. The van der Waals surface area contributed by atoms with Crippen molar-refractivity contribution in [2.24, 2.45) is 0 Å². The van der Waals surface area contributed by atoms with Gasteiger partial charge in [0.15, 0.2) is 0 Å². The predicted molar refractivity (Wildman–Crippen MR) is 149 cm³/mol. The molecule has 0 bridgehead atoms. The Labute approximate surface area is 226 Å². The number of unbranched alkanes of at least 4 members (excludes halogenated alkanes) is 18. The number of rotatable bonds is 27. The first-order valence-electron chi connectivity index (χ1n) is 15.2. The molecule has 0 fully saturated rings. The van der Waals surface area contributed by atoms with Gasteiger partial charge in [0.2, 0.25) is 5.91 Å². The number of nitrogens with zero attached hydrogens (tertiary/aromatic N) is 1. The van der Waals surface area contributed by atoms with Gasteiger partial charge in [-0.2, -0.15) is 0 Å². The van der Waals surface area contributed by atoms with Crippen molar-refractivity contribution in [2.75, 3.05) is 40.3 Å². The molecule has 0 unspecified atom stereocenters. The largest absolute Gasteiger partial charge is 1.00 e. The van der Waals surface area contributed by atoms with Crippen LogP contribution in [0.4, 0.5) is 0 Å². The molecule has 0 aromatic heterocycles. The number of carbonyl (C=O) groups is 1. The van der Waals surface area contributed by atoms with Crippen LogP contribution < -0.4 is 17.7 Å². The van der Waals surface area contributed by atoms with Crippen molar-refractivity contribution in [1.82, 2.24) is 5.32 Å². The molecule has 0 saturated heterocycles. The van der Waals surface area contributed by atoms with E-state index >= 15 is 0 Å². The molecule has 0 spiro atoms. The van der Waals surface area contributed by atoms with E-state index in [0.717, 1.165) is 43.4 Å². The van der Waals surface area contributed by atoms with Crippen LogP contribution in [0.5, 0.6) is 0 Å². The second kappa shape index (κ2) is 28.3. The number of amides is 1. The number of aliphatic hydroxyl groups excluding tert-OH is 1. The van der Waals surface area contributed by atoms with Gasteiger partial charge >= 0.3 is 0 Å². The van der Waals surface area contributed by atoms with Crippen LogP contribution in [0.3, 0.4) is 0 Å². The quantitative estimate of drug-likeness (QED) is 0.121. The highest BCUT2D eigenvalue weighted by Gasteiger charge is 2.13. The molecule has 0 radical (unpaired) electrons. The molecule has 0 rings (SSSR count). The summed E-state index contributed by atoms with van der Waals surface area (Å²) < 4.78 is 0.912. The Morgan fingerprint density at radius 3 is 1.37 bits per heavy atom. The molecular weight excluding hydrogens is 456 g/mol. The van der Waals surface area contributed by atoms with Gasteiger partial charge in [0.05, 0.1) is 27.2 Å². The molecule has 0 atom stereocenters. The summed E-state index contributed by atoms with van der Waals surface area (Å²) in [6.45, 7) is 5.36. The van der Waals surface area contributed by atoms with Gasteiger partial charge in [-0.3, -0.25) is 4.79 Å². The van der Waals surface area contributed by atoms with E-state index in [1.165, 1.54) is 116 Å². The lowest BCUT2D eigenvalue weighted by Crippen LogP contribution is -3.00. The molecule has 0 aliphatic heterocycles. The third kappa shape index (κ3) is 29.8. The lowest BCUT2D eigenvalue weighted by molar-refractivity contribution is -0.890. The number of nitrogens with one attached hydrogen (secondary N) is 1. The van der Waals surface area contributed by atoms with E-state index in [-0.39, 0.29) is 24.9 Å². The monoisotopic (exact) mass is 518 g/mol. The molecule has 0 aliphatic carbocycles. The molecule has 212 valence electrons. The summed E-state index contributed by atoms with van der Waals surface area (Å²) in [6.07, 6.45) is 28.8. The zero-order valence-corrected chi connectivity index (χ0v) is 24.8. The molecule has 5 heteroatoms. The molecule has 4 nitrogen and oxygen atoms in total. The zero-order valence-electron chi connectivity index (χ0n) is 24.1. The van der Waals surface area contributed by atoms with Crippen molar-refractivity contribution in [3.8, 4) is 0 Å². The first kappa shape index (κ1) is 36.8. The van der Waals surface area contributed by atoms with Gasteiger partial charge in [0.1, 0.15) is 0 Å². The average molecular weight is 519 g/mol. The van der Waals surface area contributed by atoms with Crippen LogP contribution in [0.2, 0.25) is 0 Å². The molecule has 1 amide bonds. The Hall–Kier alpha value is -0.320. The summed E-state index contributed by atoms with van der Waals surface area (Å²) in [5.41, 5.74) is 0. The summed E-state index contributed by atoms with van der Waals surface area (Å²) in [7, 11) is 4.38. The van der Waals surface area contributed by atoms with Crippen LogP contribution in [-0.4, -0.2) is 55.8 Å². The van der Waals surface area contributed by atoms with Crippen molar-refractivity contribution in [3.63, 3.8) is 0 Å². The predicted octanol–water partition coefficient (Wildman–Crippen LogP) is 4.78. The van der Waals surface area contributed by atoms with E-state index in [2.05, 4.69) is 26.3 Å². The third-order valence-electron chi connectivity index (χ3n) is 7.19. The van der Waals surface area contributed by atoms with E-state index in [1.807, 2.05) is 0 Å². The number of aliphatic hydroxyl groups is 1. The minimum Gasteiger partial charge on any atom is -1.00 e. The highest BCUT2D eigenvalue weighted by atomic mass is 35.5. The van der Waals surface area contributed by atoms with Crippen molar-refractivity contribution in [1.29, 1.82) is 0 Å². The molecule has 0 aromatic carbocycles. The Kier molecular flexibility index (Phi) is 29.7. The van der Waals surface area contributed by atoms with E-state index in [4.69, 9.17) is 5.11 Å². The Morgan fingerprint density at radius 2 is 0.971 bits per heavy atom. The highest BCUT2D eigenvalue weighted by molar-refractivity contribution is 5.75. The van der Waals surface area contributed by atoms with Gasteiger partial charge in [-0.25, -0.2) is 0 Å². The van der Waals surface area contributed by atoms with Crippen LogP contribution in [0.15, 0.2) is 0 Å². The second-order valence-electron chi connectivity index (χ2n) is 11.3. The lowest BCUT2D eigenvalue weighted by Gasteiger charge is -2.29. The van der Waals surface area contributed by atoms with Crippen molar-refractivity contribution >= 4 is 5.91 Å². The third-order valence-corrected chi connectivity index (χ3v) is 7.19.